The number of hydrogen-bond donors (Lipinski definition) is 2. The molecule has 2 fully saturated rings. The second kappa shape index (κ2) is 6.36. The van der Waals surface area contributed by atoms with Crippen molar-refractivity contribution in [3.05, 3.63) is 12.4 Å². The molecule has 21 heavy (non-hydrogen) atoms. The van der Waals surface area contributed by atoms with Gasteiger partial charge in [-0.15, -0.1) is 0 Å². The molecule has 0 spiro atoms. The molecule has 0 bridgehead atoms. The quantitative estimate of drug-likeness (QED) is 0.865. The van der Waals surface area contributed by atoms with Gasteiger partial charge in [-0.05, 0) is 37.5 Å². The van der Waals surface area contributed by atoms with E-state index in [-0.39, 0.29) is 6.10 Å². The summed E-state index contributed by atoms with van der Waals surface area (Å²) in [5, 5.41) is 17.4. The molecule has 5 heteroatoms. The summed E-state index contributed by atoms with van der Waals surface area (Å²) in [6.07, 6.45) is 7.77. The van der Waals surface area contributed by atoms with Crippen LogP contribution in [0, 0.1) is 17.8 Å². The van der Waals surface area contributed by atoms with E-state index < -0.39 is 0 Å². The number of likely N-dealkylation sites (tertiary alicyclic amines) is 1. The third-order valence-corrected chi connectivity index (χ3v) is 5.12. The number of fused-ring (bicyclic) bond motifs is 1. The van der Waals surface area contributed by atoms with Crippen molar-refractivity contribution in [1.29, 1.82) is 0 Å². The SMILES string of the molecule is CC(O)CN1C[C@H]2CCC[C@@H](CNc3cnn(C)c3)[C@H]2C1. The lowest BCUT2D eigenvalue weighted by Crippen LogP contribution is -2.32. The fourth-order valence-electron chi connectivity index (χ4n) is 4.22. The van der Waals surface area contributed by atoms with Crippen molar-refractivity contribution >= 4 is 5.69 Å². The fraction of sp³-hybridized carbons (Fsp3) is 0.812. The minimum absolute atomic E-state index is 0.211. The van der Waals surface area contributed by atoms with Gasteiger partial charge in [0.2, 0.25) is 0 Å². The summed E-state index contributed by atoms with van der Waals surface area (Å²) in [5.74, 6) is 2.38. The van der Waals surface area contributed by atoms with Crippen LogP contribution >= 0.6 is 0 Å². The maximum atomic E-state index is 9.60. The molecule has 2 aliphatic rings. The standard InChI is InChI=1S/C16H28N4O/c1-12(21)8-20-9-14-5-3-4-13(16(14)11-20)6-17-15-7-18-19(2)10-15/h7,10,12-14,16-17,21H,3-6,8-9,11H2,1-2H3/t12?,13-,14+,16+/m0/s1. The van der Waals surface area contributed by atoms with Crippen LogP contribution < -0.4 is 5.32 Å². The van der Waals surface area contributed by atoms with E-state index in [0.29, 0.717) is 0 Å². The molecule has 3 rings (SSSR count). The Morgan fingerprint density at radius 1 is 1.43 bits per heavy atom. The Morgan fingerprint density at radius 2 is 2.29 bits per heavy atom. The molecular formula is C16H28N4O. The van der Waals surface area contributed by atoms with Crippen LogP contribution in [0.4, 0.5) is 5.69 Å². The first-order valence-electron chi connectivity index (χ1n) is 8.24. The summed E-state index contributed by atoms with van der Waals surface area (Å²) >= 11 is 0. The molecule has 1 aliphatic carbocycles. The molecule has 4 atom stereocenters. The van der Waals surface area contributed by atoms with Crippen molar-refractivity contribution in [3.63, 3.8) is 0 Å². The van der Waals surface area contributed by atoms with E-state index in [9.17, 15) is 5.11 Å². The van der Waals surface area contributed by atoms with Crippen LogP contribution in [0.5, 0.6) is 0 Å². The van der Waals surface area contributed by atoms with E-state index in [0.717, 1.165) is 43.1 Å². The van der Waals surface area contributed by atoms with Crippen molar-refractivity contribution in [2.45, 2.75) is 32.3 Å². The van der Waals surface area contributed by atoms with Gasteiger partial charge in [0.05, 0.1) is 18.0 Å². The monoisotopic (exact) mass is 292 g/mol. The molecule has 1 aromatic rings. The van der Waals surface area contributed by atoms with Crippen molar-refractivity contribution in [2.75, 3.05) is 31.5 Å². The molecule has 1 aliphatic heterocycles. The number of hydrogen-bond acceptors (Lipinski definition) is 4. The zero-order valence-corrected chi connectivity index (χ0v) is 13.2. The maximum absolute atomic E-state index is 9.60. The van der Waals surface area contributed by atoms with Gasteiger partial charge in [-0.1, -0.05) is 6.42 Å². The Kier molecular flexibility index (Phi) is 4.50. The molecule has 1 unspecified atom stereocenters. The first-order chi connectivity index (χ1) is 10.1. The number of nitrogens with one attached hydrogen (secondary N) is 1. The van der Waals surface area contributed by atoms with E-state index in [2.05, 4.69) is 15.3 Å². The number of aliphatic hydroxyl groups excluding tert-OH is 1. The third kappa shape index (κ3) is 3.58. The van der Waals surface area contributed by atoms with Gasteiger partial charge in [0.15, 0.2) is 0 Å². The lowest BCUT2D eigenvalue weighted by atomic mass is 9.74. The highest BCUT2D eigenvalue weighted by atomic mass is 16.3. The Morgan fingerprint density at radius 3 is 3.00 bits per heavy atom. The average molecular weight is 292 g/mol. The van der Waals surface area contributed by atoms with Crippen molar-refractivity contribution in [3.8, 4) is 0 Å². The molecule has 1 saturated heterocycles. The summed E-state index contributed by atoms with van der Waals surface area (Å²) < 4.78 is 1.84. The van der Waals surface area contributed by atoms with Crippen LogP contribution in [0.3, 0.4) is 0 Å². The Bertz CT molecular complexity index is 459. The summed E-state index contributed by atoms with van der Waals surface area (Å²) in [6.45, 7) is 6.11. The van der Waals surface area contributed by atoms with Gasteiger partial charge in [0, 0.05) is 39.4 Å². The minimum Gasteiger partial charge on any atom is -0.392 e. The minimum atomic E-state index is -0.211. The number of β-amino-alcohol motifs (C(OH)–C–C–N with tert-alkyl or cyclic N) is 1. The topological polar surface area (TPSA) is 53.3 Å². The first kappa shape index (κ1) is 14.9. The fourth-order valence-corrected chi connectivity index (χ4v) is 4.22. The number of aromatic nitrogens is 2. The van der Waals surface area contributed by atoms with Gasteiger partial charge < -0.3 is 15.3 Å². The van der Waals surface area contributed by atoms with Crippen molar-refractivity contribution < 1.29 is 5.11 Å². The summed E-state index contributed by atoms with van der Waals surface area (Å²) in [7, 11) is 1.95. The Balaban J connectivity index is 1.55. The van der Waals surface area contributed by atoms with Gasteiger partial charge in [0.25, 0.3) is 0 Å². The van der Waals surface area contributed by atoms with Gasteiger partial charge in [-0.25, -0.2) is 0 Å². The first-order valence-corrected chi connectivity index (χ1v) is 8.24. The van der Waals surface area contributed by atoms with Crippen molar-refractivity contribution in [2.24, 2.45) is 24.8 Å². The lowest BCUT2D eigenvalue weighted by Gasteiger charge is -2.33. The number of anilines is 1. The molecular weight excluding hydrogens is 264 g/mol. The zero-order valence-electron chi connectivity index (χ0n) is 13.2. The predicted octanol–water partition coefficient (Wildman–Crippen LogP) is 1.56. The van der Waals surface area contributed by atoms with E-state index in [4.69, 9.17) is 0 Å². The van der Waals surface area contributed by atoms with Crippen LogP contribution in [-0.2, 0) is 7.05 Å². The lowest BCUT2D eigenvalue weighted by molar-refractivity contribution is 0.136. The number of rotatable bonds is 5. The van der Waals surface area contributed by atoms with E-state index in [1.54, 1.807) is 0 Å². The molecule has 2 heterocycles. The molecule has 0 aromatic carbocycles. The van der Waals surface area contributed by atoms with Crippen LogP contribution in [0.15, 0.2) is 12.4 Å². The normalized spacial score (nSPS) is 31.1. The summed E-state index contributed by atoms with van der Waals surface area (Å²) in [4.78, 5) is 2.46. The summed E-state index contributed by atoms with van der Waals surface area (Å²) in [5.41, 5.74) is 1.12. The van der Waals surface area contributed by atoms with E-state index >= 15 is 0 Å². The van der Waals surface area contributed by atoms with E-state index in [1.807, 2.05) is 31.0 Å². The van der Waals surface area contributed by atoms with Crippen LogP contribution in [0.25, 0.3) is 0 Å². The highest BCUT2D eigenvalue weighted by Gasteiger charge is 2.39. The van der Waals surface area contributed by atoms with Gasteiger partial charge in [-0.3, -0.25) is 4.68 Å². The second-order valence-corrected chi connectivity index (χ2v) is 6.97. The predicted molar refractivity (Wildman–Crippen MR) is 84.1 cm³/mol. The smallest absolute Gasteiger partial charge is 0.0726 e. The molecule has 0 radical (unpaired) electrons. The molecule has 1 saturated carbocycles. The molecule has 5 nitrogen and oxygen atoms in total. The molecule has 0 amide bonds. The van der Waals surface area contributed by atoms with Crippen LogP contribution in [0.2, 0.25) is 0 Å². The Hall–Kier alpha value is -1.07. The number of aryl methyl sites for hydroxylation is 1. The van der Waals surface area contributed by atoms with Crippen molar-refractivity contribution in [1.82, 2.24) is 14.7 Å². The third-order valence-electron chi connectivity index (χ3n) is 5.12. The highest BCUT2D eigenvalue weighted by molar-refractivity contribution is 5.38. The van der Waals surface area contributed by atoms with Gasteiger partial charge in [-0.2, -0.15) is 5.10 Å². The molecule has 1 aromatic heterocycles. The van der Waals surface area contributed by atoms with E-state index in [1.165, 1.54) is 25.8 Å². The number of aliphatic hydroxyl groups is 1. The molecule has 2 N–H and O–H groups in total. The van der Waals surface area contributed by atoms with Crippen LogP contribution in [-0.4, -0.2) is 52.1 Å². The van der Waals surface area contributed by atoms with Crippen LogP contribution in [0.1, 0.15) is 26.2 Å². The number of nitrogens with zero attached hydrogens (tertiary/aromatic N) is 3. The largest absolute Gasteiger partial charge is 0.392 e. The Labute approximate surface area is 127 Å². The molecule has 118 valence electrons. The zero-order chi connectivity index (χ0) is 14.8. The highest BCUT2D eigenvalue weighted by Crippen LogP contribution is 2.40. The summed E-state index contributed by atoms with van der Waals surface area (Å²) in [6, 6.07) is 0. The average Bonchev–Trinajstić information content (AvgIpc) is 3.01. The van der Waals surface area contributed by atoms with Gasteiger partial charge in [0.1, 0.15) is 0 Å². The second-order valence-electron chi connectivity index (χ2n) is 6.97. The van der Waals surface area contributed by atoms with Gasteiger partial charge >= 0.3 is 0 Å². The maximum Gasteiger partial charge on any atom is 0.0726 e.